The zero-order valence-electron chi connectivity index (χ0n) is 12.1. The second-order valence-electron chi connectivity index (χ2n) is 5.02. The van der Waals surface area contributed by atoms with Gasteiger partial charge in [-0.1, -0.05) is 19.1 Å². The number of nitrogens with one attached hydrogen (secondary N) is 1. The van der Waals surface area contributed by atoms with Crippen LogP contribution in [0.15, 0.2) is 24.3 Å². The van der Waals surface area contributed by atoms with Crippen LogP contribution in [0.3, 0.4) is 0 Å². The number of amides is 1. The Morgan fingerprint density at radius 1 is 1.35 bits per heavy atom. The highest BCUT2D eigenvalue weighted by atomic mass is 16.7. The summed E-state index contributed by atoms with van der Waals surface area (Å²) in [7, 11) is 0. The summed E-state index contributed by atoms with van der Waals surface area (Å²) < 4.78 is 11.0. The fraction of sp³-hybridized carbons (Fsp3) is 0.562. The molecule has 1 aromatic carbocycles. The summed E-state index contributed by atoms with van der Waals surface area (Å²) in [4.78, 5) is 11.8. The van der Waals surface area contributed by atoms with Crippen LogP contribution in [-0.4, -0.2) is 25.4 Å². The summed E-state index contributed by atoms with van der Waals surface area (Å²) >= 11 is 0. The number of benzene rings is 1. The van der Waals surface area contributed by atoms with Gasteiger partial charge in [0.2, 0.25) is 5.91 Å². The van der Waals surface area contributed by atoms with Crippen molar-refractivity contribution in [1.82, 2.24) is 0 Å². The third kappa shape index (κ3) is 4.94. The summed E-state index contributed by atoms with van der Waals surface area (Å²) in [5.74, 6) is -0.0231. The normalized spacial score (nSPS) is 18.8. The maximum Gasteiger partial charge on any atom is 0.226 e. The van der Waals surface area contributed by atoms with Gasteiger partial charge in [0.05, 0.1) is 13.0 Å². The summed E-state index contributed by atoms with van der Waals surface area (Å²) in [5.41, 5.74) is 2.10. The Hall–Kier alpha value is -1.39. The Morgan fingerprint density at radius 3 is 2.80 bits per heavy atom. The molecule has 1 heterocycles. The maximum absolute atomic E-state index is 11.8. The quantitative estimate of drug-likeness (QED) is 0.869. The van der Waals surface area contributed by atoms with Crippen molar-refractivity contribution in [1.29, 1.82) is 0 Å². The minimum absolute atomic E-state index is 0.0231. The SMILES string of the molecule is CCc1ccc(NC(=O)CCOC2CCCCO2)cc1. The van der Waals surface area contributed by atoms with Crippen LogP contribution >= 0.6 is 0 Å². The molecule has 1 amide bonds. The van der Waals surface area contributed by atoms with Gasteiger partial charge in [0.15, 0.2) is 6.29 Å². The highest BCUT2D eigenvalue weighted by Crippen LogP contribution is 2.14. The summed E-state index contributed by atoms with van der Waals surface area (Å²) in [6.45, 7) is 3.28. The third-order valence-corrected chi connectivity index (χ3v) is 3.42. The van der Waals surface area contributed by atoms with Crippen molar-refractivity contribution in [3.63, 3.8) is 0 Å². The first kappa shape index (κ1) is 15.0. The molecule has 0 aromatic heterocycles. The molecule has 4 nitrogen and oxygen atoms in total. The van der Waals surface area contributed by atoms with E-state index in [0.717, 1.165) is 38.0 Å². The van der Waals surface area contributed by atoms with Crippen LogP contribution in [0.5, 0.6) is 0 Å². The zero-order valence-corrected chi connectivity index (χ0v) is 12.1. The number of rotatable bonds is 6. The van der Waals surface area contributed by atoms with Gasteiger partial charge in [-0.2, -0.15) is 0 Å². The Morgan fingerprint density at radius 2 is 2.15 bits per heavy atom. The molecule has 1 saturated heterocycles. The molecule has 0 spiro atoms. The van der Waals surface area contributed by atoms with E-state index in [0.29, 0.717) is 13.0 Å². The summed E-state index contributed by atoms with van der Waals surface area (Å²) in [5, 5.41) is 2.87. The van der Waals surface area contributed by atoms with E-state index in [1.54, 1.807) is 0 Å². The van der Waals surface area contributed by atoms with Gasteiger partial charge in [-0.25, -0.2) is 0 Å². The molecule has 0 saturated carbocycles. The third-order valence-electron chi connectivity index (χ3n) is 3.42. The highest BCUT2D eigenvalue weighted by molar-refractivity contribution is 5.90. The molecule has 2 rings (SSSR count). The van der Waals surface area contributed by atoms with Crippen LogP contribution in [0.1, 0.15) is 38.2 Å². The lowest BCUT2D eigenvalue weighted by molar-refractivity contribution is -0.163. The molecular formula is C16H23NO3. The molecule has 1 aliphatic heterocycles. The van der Waals surface area contributed by atoms with Gasteiger partial charge in [0, 0.05) is 12.3 Å². The van der Waals surface area contributed by atoms with Crippen LogP contribution < -0.4 is 5.32 Å². The monoisotopic (exact) mass is 277 g/mol. The van der Waals surface area contributed by atoms with Crippen LogP contribution in [0.25, 0.3) is 0 Å². The van der Waals surface area contributed by atoms with Crippen molar-refractivity contribution in [2.45, 2.75) is 45.3 Å². The van der Waals surface area contributed by atoms with E-state index in [-0.39, 0.29) is 12.2 Å². The van der Waals surface area contributed by atoms with Gasteiger partial charge in [0.1, 0.15) is 0 Å². The van der Waals surface area contributed by atoms with Crippen LogP contribution in [0, 0.1) is 0 Å². The number of carbonyl (C=O) groups excluding carboxylic acids is 1. The molecule has 1 unspecified atom stereocenters. The summed E-state index contributed by atoms with van der Waals surface area (Å²) in [6.07, 6.45) is 4.41. The number of aryl methyl sites for hydroxylation is 1. The molecular weight excluding hydrogens is 254 g/mol. The van der Waals surface area contributed by atoms with E-state index in [1.807, 2.05) is 24.3 Å². The van der Waals surface area contributed by atoms with E-state index in [4.69, 9.17) is 9.47 Å². The number of ether oxygens (including phenoxy) is 2. The van der Waals surface area contributed by atoms with Crippen molar-refractivity contribution in [2.75, 3.05) is 18.5 Å². The van der Waals surface area contributed by atoms with Crippen molar-refractivity contribution in [2.24, 2.45) is 0 Å². The average molecular weight is 277 g/mol. The second kappa shape index (κ2) is 8.02. The Bertz CT molecular complexity index is 410. The predicted octanol–water partition coefficient (Wildman–Crippen LogP) is 3.12. The molecule has 1 N–H and O–H groups in total. The highest BCUT2D eigenvalue weighted by Gasteiger charge is 2.14. The first-order valence-corrected chi connectivity index (χ1v) is 7.40. The summed E-state index contributed by atoms with van der Waals surface area (Å²) in [6, 6.07) is 7.92. The Kier molecular flexibility index (Phi) is 6.02. The van der Waals surface area contributed by atoms with Crippen LogP contribution in [-0.2, 0) is 20.7 Å². The number of hydrogen-bond acceptors (Lipinski definition) is 3. The van der Waals surface area contributed by atoms with E-state index in [1.165, 1.54) is 5.56 Å². The molecule has 1 fully saturated rings. The molecule has 20 heavy (non-hydrogen) atoms. The van der Waals surface area contributed by atoms with E-state index < -0.39 is 0 Å². The lowest BCUT2D eigenvalue weighted by Crippen LogP contribution is -2.24. The van der Waals surface area contributed by atoms with E-state index >= 15 is 0 Å². The van der Waals surface area contributed by atoms with E-state index in [9.17, 15) is 4.79 Å². The van der Waals surface area contributed by atoms with Crippen molar-refractivity contribution in [3.05, 3.63) is 29.8 Å². The number of carbonyl (C=O) groups is 1. The zero-order chi connectivity index (χ0) is 14.2. The van der Waals surface area contributed by atoms with Gasteiger partial charge in [-0.15, -0.1) is 0 Å². The minimum atomic E-state index is -0.125. The molecule has 110 valence electrons. The maximum atomic E-state index is 11.8. The Balaban J connectivity index is 1.66. The largest absolute Gasteiger partial charge is 0.353 e. The van der Waals surface area contributed by atoms with Gasteiger partial charge < -0.3 is 14.8 Å². The van der Waals surface area contributed by atoms with Crippen molar-refractivity contribution >= 4 is 11.6 Å². The van der Waals surface area contributed by atoms with Crippen LogP contribution in [0.2, 0.25) is 0 Å². The minimum Gasteiger partial charge on any atom is -0.353 e. The number of anilines is 1. The topological polar surface area (TPSA) is 47.6 Å². The second-order valence-corrected chi connectivity index (χ2v) is 5.02. The molecule has 4 heteroatoms. The van der Waals surface area contributed by atoms with E-state index in [2.05, 4.69) is 12.2 Å². The van der Waals surface area contributed by atoms with Gasteiger partial charge in [-0.05, 0) is 43.4 Å². The lowest BCUT2D eigenvalue weighted by atomic mass is 10.1. The van der Waals surface area contributed by atoms with Gasteiger partial charge >= 0.3 is 0 Å². The molecule has 1 atom stereocenters. The smallest absolute Gasteiger partial charge is 0.226 e. The molecule has 1 aromatic rings. The van der Waals surface area contributed by atoms with Gasteiger partial charge in [-0.3, -0.25) is 4.79 Å². The fourth-order valence-corrected chi connectivity index (χ4v) is 2.17. The van der Waals surface area contributed by atoms with Gasteiger partial charge in [0.25, 0.3) is 0 Å². The lowest BCUT2D eigenvalue weighted by Gasteiger charge is -2.22. The predicted molar refractivity (Wildman–Crippen MR) is 78.6 cm³/mol. The van der Waals surface area contributed by atoms with Crippen molar-refractivity contribution in [3.8, 4) is 0 Å². The standard InChI is InChI=1S/C16H23NO3/c1-2-13-6-8-14(9-7-13)17-15(18)10-12-20-16-5-3-4-11-19-16/h6-9,16H,2-5,10-12H2,1H3,(H,17,18). The molecule has 0 bridgehead atoms. The average Bonchev–Trinajstić information content (AvgIpc) is 2.49. The fourth-order valence-electron chi connectivity index (χ4n) is 2.17. The Labute approximate surface area is 120 Å². The molecule has 1 aliphatic rings. The number of hydrogen-bond donors (Lipinski definition) is 1. The first-order chi connectivity index (χ1) is 9.78. The first-order valence-electron chi connectivity index (χ1n) is 7.40. The molecule has 0 radical (unpaired) electrons. The van der Waals surface area contributed by atoms with Crippen LogP contribution in [0.4, 0.5) is 5.69 Å². The van der Waals surface area contributed by atoms with Crippen molar-refractivity contribution < 1.29 is 14.3 Å². The molecule has 0 aliphatic carbocycles.